The first kappa shape index (κ1) is 14.0. The van der Waals surface area contributed by atoms with Gasteiger partial charge in [-0.3, -0.25) is 5.43 Å². The molecule has 1 fully saturated rings. The first-order valence-electron chi connectivity index (χ1n) is 6.96. The third kappa shape index (κ3) is 3.76. The van der Waals surface area contributed by atoms with E-state index in [2.05, 4.69) is 27.6 Å². The number of hydrazine groups is 1. The molecule has 0 bridgehead atoms. The predicted octanol–water partition coefficient (Wildman–Crippen LogP) is 2.53. The van der Waals surface area contributed by atoms with Crippen LogP contribution in [0.3, 0.4) is 0 Å². The molecule has 1 aliphatic carbocycles. The molecule has 0 aliphatic heterocycles. The summed E-state index contributed by atoms with van der Waals surface area (Å²) < 4.78 is 13.5. The quantitative estimate of drug-likeness (QED) is 0.564. The molecule has 4 N–H and O–H groups in total. The average molecular weight is 267 g/mol. The van der Waals surface area contributed by atoms with Crippen LogP contribution in [0, 0.1) is 17.7 Å². The Morgan fingerprint density at radius 2 is 2.00 bits per heavy atom. The van der Waals surface area contributed by atoms with Gasteiger partial charge >= 0.3 is 0 Å². The van der Waals surface area contributed by atoms with E-state index < -0.39 is 5.82 Å². The topological polar surface area (TPSA) is 75.9 Å². The van der Waals surface area contributed by atoms with Gasteiger partial charge < -0.3 is 5.32 Å². The van der Waals surface area contributed by atoms with Crippen molar-refractivity contribution in [1.82, 2.24) is 9.97 Å². The molecule has 0 amide bonds. The van der Waals surface area contributed by atoms with Crippen molar-refractivity contribution in [1.29, 1.82) is 0 Å². The van der Waals surface area contributed by atoms with Crippen LogP contribution in [0.5, 0.6) is 0 Å². The number of aromatic nitrogens is 2. The van der Waals surface area contributed by atoms with E-state index in [1.54, 1.807) is 0 Å². The number of nitrogen functional groups attached to an aromatic ring is 1. The minimum atomic E-state index is -0.443. The average Bonchev–Trinajstić information content (AvgIpc) is 2.47. The molecule has 0 unspecified atom stereocenters. The molecule has 1 aromatic heterocycles. The number of halogens is 1. The molecule has 1 aliphatic rings. The lowest BCUT2D eigenvalue weighted by atomic mass is 9.81. The molecule has 0 aromatic carbocycles. The van der Waals surface area contributed by atoms with E-state index in [1.807, 2.05) is 0 Å². The highest BCUT2D eigenvalue weighted by Crippen LogP contribution is 2.30. The Balaban J connectivity index is 1.85. The van der Waals surface area contributed by atoms with Gasteiger partial charge in [0.05, 0.1) is 6.20 Å². The van der Waals surface area contributed by atoms with E-state index in [4.69, 9.17) is 5.84 Å². The lowest BCUT2D eigenvalue weighted by Gasteiger charge is -2.28. The lowest BCUT2D eigenvalue weighted by Crippen LogP contribution is -2.22. The Labute approximate surface area is 113 Å². The monoisotopic (exact) mass is 267 g/mol. The van der Waals surface area contributed by atoms with Crippen molar-refractivity contribution in [2.24, 2.45) is 17.7 Å². The molecule has 1 aromatic rings. The summed E-state index contributed by atoms with van der Waals surface area (Å²) in [5.74, 6) is 6.69. The molecule has 106 valence electrons. The summed E-state index contributed by atoms with van der Waals surface area (Å²) in [6.07, 6.45) is 7.38. The van der Waals surface area contributed by atoms with Crippen LogP contribution in [-0.2, 0) is 0 Å². The highest BCUT2D eigenvalue weighted by Gasteiger charge is 2.20. The fourth-order valence-corrected chi connectivity index (χ4v) is 2.65. The number of hydrogen-bond donors (Lipinski definition) is 3. The van der Waals surface area contributed by atoms with Gasteiger partial charge in [-0.1, -0.05) is 26.2 Å². The zero-order chi connectivity index (χ0) is 13.7. The lowest BCUT2D eigenvalue weighted by molar-refractivity contribution is 0.278. The van der Waals surface area contributed by atoms with E-state index in [-0.39, 0.29) is 11.8 Å². The Hall–Kier alpha value is -1.43. The fraction of sp³-hybridized carbons (Fsp3) is 0.692. The first-order valence-corrected chi connectivity index (χ1v) is 6.96. The van der Waals surface area contributed by atoms with Crippen LogP contribution >= 0.6 is 0 Å². The summed E-state index contributed by atoms with van der Waals surface area (Å²) in [7, 11) is 0. The summed E-state index contributed by atoms with van der Waals surface area (Å²) in [5.41, 5.74) is 2.32. The van der Waals surface area contributed by atoms with Crippen molar-refractivity contribution in [3.63, 3.8) is 0 Å². The van der Waals surface area contributed by atoms with Crippen molar-refractivity contribution in [2.75, 3.05) is 17.3 Å². The van der Waals surface area contributed by atoms with Gasteiger partial charge in [-0.2, -0.15) is 4.98 Å². The van der Waals surface area contributed by atoms with Gasteiger partial charge in [0.15, 0.2) is 11.6 Å². The number of nitrogens with zero attached hydrogens (tertiary/aromatic N) is 2. The number of nitrogens with two attached hydrogens (primary N) is 1. The van der Waals surface area contributed by atoms with E-state index in [9.17, 15) is 4.39 Å². The Morgan fingerprint density at radius 3 is 2.63 bits per heavy atom. The van der Waals surface area contributed by atoms with Gasteiger partial charge in [-0.05, 0) is 24.7 Å². The minimum Gasteiger partial charge on any atom is -0.367 e. The van der Waals surface area contributed by atoms with Crippen LogP contribution in [0.25, 0.3) is 0 Å². The number of nitrogens with one attached hydrogen (secondary N) is 2. The maximum absolute atomic E-state index is 13.5. The van der Waals surface area contributed by atoms with Crippen molar-refractivity contribution in [2.45, 2.75) is 39.0 Å². The van der Waals surface area contributed by atoms with Crippen LogP contribution in [0.2, 0.25) is 0 Å². The molecule has 1 heterocycles. The molecule has 5 nitrogen and oxygen atoms in total. The first-order chi connectivity index (χ1) is 9.22. The number of anilines is 2. The van der Waals surface area contributed by atoms with Gasteiger partial charge in [0.1, 0.15) is 0 Å². The molecule has 1 saturated carbocycles. The minimum absolute atomic E-state index is 0.221. The molecule has 19 heavy (non-hydrogen) atoms. The van der Waals surface area contributed by atoms with Gasteiger partial charge in [0.25, 0.3) is 0 Å². The summed E-state index contributed by atoms with van der Waals surface area (Å²) in [6.45, 7) is 3.01. The van der Waals surface area contributed by atoms with Gasteiger partial charge in [-0.15, -0.1) is 0 Å². The smallest absolute Gasteiger partial charge is 0.239 e. The summed E-state index contributed by atoms with van der Waals surface area (Å²) in [5, 5.41) is 3.07. The van der Waals surface area contributed by atoms with Crippen LogP contribution < -0.4 is 16.6 Å². The third-order valence-corrected chi connectivity index (χ3v) is 3.98. The zero-order valence-electron chi connectivity index (χ0n) is 11.3. The largest absolute Gasteiger partial charge is 0.367 e. The summed E-state index contributed by atoms with van der Waals surface area (Å²) in [6, 6.07) is 0. The second-order valence-corrected chi connectivity index (χ2v) is 5.21. The number of rotatable bonds is 5. The van der Waals surface area contributed by atoms with Crippen molar-refractivity contribution < 1.29 is 4.39 Å². The molecule has 0 saturated heterocycles. The van der Waals surface area contributed by atoms with Crippen LogP contribution in [0.1, 0.15) is 39.0 Å². The SMILES string of the molecule is CCC1CCC(CNc2nc(NN)ncc2F)CC1. The van der Waals surface area contributed by atoms with Crippen LogP contribution in [0.15, 0.2) is 6.20 Å². The van der Waals surface area contributed by atoms with Gasteiger partial charge in [0, 0.05) is 6.54 Å². The Kier molecular flexibility index (Phi) is 4.90. The van der Waals surface area contributed by atoms with Gasteiger partial charge in [0.2, 0.25) is 5.95 Å². The molecule has 6 heteroatoms. The standard InChI is InChI=1S/C13H22FN5/c1-2-9-3-5-10(6-4-9)7-16-12-11(14)8-17-13(18-12)19-15/h8-10H,2-7,15H2,1H3,(H2,16,17,18,19). The fourth-order valence-electron chi connectivity index (χ4n) is 2.65. The highest BCUT2D eigenvalue weighted by atomic mass is 19.1. The van der Waals surface area contributed by atoms with Crippen molar-refractivity contribution in [3.8, 4) is 0 Å². The normalized spacial score (nSPS) is 23.1. The van der Waals surface area contributed by atoms with E-state index in [0.29, 0.717) is 5.92 Å². The Bertz CT molecular complexity index is 404. The van der Waals surface area contributed by atoms with E-state index in [1.165, 1.54) is 32.1 Å². The van der Waals surface area contributed by atoms with E-state index in [0.717, 1.165) is 18.7 Å². The van der Waals surface area contributed by atoms with Gasteiger partial charge in [-0.25, -0.2) is 15.2 Å². The second-order valence-electron chi connectivity index (χ2n) is 5.21. The molecule has 0 spiro atoms. The Morgan fingerprint density at radius 1 is 1.32 bits per heavy atom. The van der Waals surface area contributed by atoms with E-state index >= 15 is 0 Å². The molecule has 0 radical (unpaired) electrons. The molecule has 2 rings (SSSR count). The molecule has 0 atom stereocenters. The number of hydrogen-bond acceptors (Lipinski definition) is 5. The van der Waals surface area contributed by atoms with Crippen LogP contribution in [0.4, 0.5) is 16.2 Å². The third-order valence-electron chi connectivity index (χ3n) is 3.98. The summed E-state index contributed by atoms with van der Waals surface area (Å²) in [4.78, 5) is 7.68. The van der Waals surface area contributed by atoms with Crippen molar-refractivity contribution in [3.05, 3.63) is 12.0 Å². The predicted molar refractivity (Wildman–Crippen MR) is 74.0 cm³/mol. The second kappa shape index (κ2) is 6.65. The molecular weight excluding hydrogens is 245 g/mol. The molecular formula is C13H22FN5. The maximum atomic E-state index is 13.5. The zero-order valence-corrected chi connectivity index (χ0v) is 11.3. The van der Waals surface area contributed by atoms with Crippen molar-refractivity contribution >= 4 is 11.8 Å². The maximum Gasteiger partial charge on any atom is 0.239 e. The highest BCUT2D eigenvalue weighted by molar-refractivity contribution is 5.40. The van der Waals surface area contributed by atoms with Crippen LogP contribution in [-0.4, -0.2) is 16.5 Å². The summed E-state index contributed by atoms with van der Waals surface area (Å²) >= 11 is 0.